The van der Waals surface area contributed by atoms with Gasteiger partial charge in [-0.05, 0) is 32.6 Å². The van der Waals surface area contributed by atoms with E-state index >= 15 is 0 Å². The van der Waals surface area contributed by atoms with Crippen LogP contribution in [0.15, 0.2) is 36.9 Å². The number of imidazole rings is 1. The number of rotatable bonds is 4. The van der Waals surface area contributed by atoms with Crippen LogP contribution in [0.1, 0.15) is 16.9 Å². The van der Waals surface area contributed by atoms with Gasteiger partial charge >= 0.3 is 0 Å². The number of hydrogen-bond donors (Lipinski definition) is 1. The number of carbonyl (C=O) groups excluding carboxylic acids is 1. The highest BCUT2D eigenvalue weighted by Crippen LogP contribution is 2.21. The fourth-order valence-corrected chi connectivity index (χ4v) is 3.10. The van der Waals surface area contributed by atoms with Crippen LogP contribution in [0.5, 0.6) is 0 Å². The largest absolute Gasteiger partial charge is 0.354 e. The van der Waals surface area contributed by atoms with E-state index < -0.39 is 0 Å². The Kier molecular flexibility index (Phi) is 4.21. The van der Waals surface area contributed by atoms with E-state index in [-0.39, 0.29) is 5.91 Å². The summed E-state index contributed by atoms with van der Waals surface area (Å²) in [6.45, 7) is 1.86. The molecule has 3 aromatic rings. The number of nitrogens with one attached hydrogen (secondary N) is 1. The predicted molar refractivity (Wildman–Crippen MR) is 97.3 cm³/mol. The minimum Gasteiger partial charge on any atom is -0.354 e. The van der Waals surface area contributed by atoms with Crippen LogP contribution in [-0.4, -0.2) is 68.6 Å². The van der Waals surface area contributed by atoms with E-state index in [1.54, 1.807) is 10.7 Å². The summed E-state index contributed by atoms with van der Waals surface area (Å²) in [6.07, 6.45) is 7.18. The maximum absolute atomic E-state index is 12.6. The molecule has 3 aromatic heterocycles. The van der Waals surface area contributed by atoms with Crippen LogP contribution in [0.4, 0.5) is 11.6 Å². The Morgan fingerprint density at radius 2 is 2.12 bits per heavy atom. The first-order valence-electron chi connectivity index (χ1n) is 8.45. The quantitative estimate of drug-likeness (QED) is 0.746. The molecule has 9 heteroatoms. The first-order valence-corrected chi connectivity index (χ1v) is 8.45. The zero-order chi connectivity index (χ0) is 18.1. The Morgan fingerprint density at radius 3 is 2.85 bits per heavy atom. The second-order valence-electron chi connectivity index (χ2n) is 6.50. The topological polar surface area (TPSA) is 91.5 Å². The van der Waals surface area contributed by atoms with Crippen molar-refractivity contribution in [2.45, 2.75) is 12.5 Å². The van der Waals surface area contributed by atoms with E-state index in [2.05, 4.69) is 49.3 Å². The van der Waals surface area contributed by atoms with Crippen molar-refractivity contribution in [1.82, 2.24) is 29.5 Å². The molecule has 0 aliphatic carbocycles. The van der Waals surface area contributed by atoms with Gasteiger partial charge in [-0.15, -0.1) is 5.10 Å². The third-order valence-electron chi connectivity index (χ3n) is 4.60. The molecule has 1 amide bonds. The van der Waals surface area contributed by atoms with Crippen molar-refractivity contribution in [2.24, 2.45) is 0 Å². The Bertz CT molecular complexity index is 923. The predicted octanol–water partition coefficient (Wildman–Crippen LogP) is 0.912. The van der Waals surface area contributed by atoms with Gasteiger partial charge in [0.15, 0.2) is 17.2 Å². The van der Waals surface area contributed by atoms with Crippen molar-refractivity contribution in [3.63, 3.8) is 0 Å². The van der Waals surface area contributed by atoms with Gasteiger partial charge in [0.2, 0.25) is 0 Å². The van der Waals surface area contributed by atoms with Crippen LogP contribution in [0.2, 0.25) is 0 Å². The van der Waals surface area contributed by atoms with Gasteiger partial charge in [0, 0.05) is 31.5 Å². The van der Waals surface area contributed by atoms with Gasteiger partial charge in [-0.2, -0.15) is 0 Å². The summed E-state index contributed by atoms with van der Waals surface area (Å²) in [4.78, 5) is 29.3. The lowest BCUT2D eigenvalue weighted by molar-refractivity contribution is 0.102. The summed E-state index contributed by atoms with van der Waals surface area (Å²) in [7, 11) is 4.19. The molecule has 0 saturated carbocycles. The highest BCUT2D eigenvalue weighted by molar-refractivity contribution is 6.02. The van der Waals surface area contributed by atoms with Gasteiger partial charge in [-0.1, -0.05) is 0 Å². The standard InChI is InChI=1S/C17H20N8O/c1-23(2)12-5-8-24(11-12)16-4-3-15-20-9-13(25(15)22-16)17(26)21-14-10-18-6-7-19-14/h3-4,6-7,9-10,12H,5,8,11H2,1-2H3,(H,19,21,26)/t12-/m0/s1. The van der Waals surface area contributed by atoms with E-state index in [0.29, 0.717) is 23.2 Å². The average molecular weight is 352 g/mol. The number of fused-ring (bicyclic) bond motifs is 1. The Hall–Kier alpha value is -3.07. The van der Waals surface area contributed by atoms with E-state index in [9.17, 15) is 4.79 Å². The Morgan fingerprint density at radius 1 is 1.23 bits per heavy atom. The molecule has 9 nitrogen and oxygen atoms in total. The molecule has 0 aromatic carbocycles. The van der Waals surface area contributed by atoms with E-state index in [1.807, 2.05) is 12.1 Å². The fourth-order valence-electron chi connectivity index (χ4n) is 3.10. The van der Waals surface area contributed by atoms with Crippen molar-refractivity contribution in [3.8, 4) is 0 Å². The van der Waals surface area contributed by atoms with Crippen LogP contribution in [0.25, 0.3) is 5.65 Å². The van der Waals surface area contributed by atoms with Crippen LogP contribution >= 0.6 is 0 Å². The van der Waals surface area contributed by atoms with E-state index in [1.165, 1.54) is 18.6 Å². The van der Waals surface area contributed by atoms with Crippen molar-refractivity contribution >= 4 is 23.2 Å². The Labute approximate surface area is 150 Å². The summed E-state index contributed by atoms with van der Waals surface area (Å²) in [5.74, 6) is 0.903. The lowest BCUT2D eigenvalue weighted by atomic mass is 10.2. The van der Waals surface area contributed by atoms with Crippen LogP contribution < -0.4 is 10.2 Å². The number of amides is 1. The first-order chi connectivity index (χ1) is 12.6. The number of likely N-dealkylation sites (N-methyl/N-ethyl adjacent to an activating group) is 1. The zero-order valence-electron chi connectivity index (χ0n) is 14.7. The van der Waals surface area contributed by atoms with E-state index in [4.69, 9.17) is 0 Å². The first kappa shape index (κ1) is 16.4. The average Bonchev–Trinajstić information content (AvgIpc) is 3.29. The third-order valence-corrected chi connectivity index (χ3v) is 4.60. The number of hydrogen-bond acceptors (Lipinski definition) is 7. The summed E-state index contributed by atoms with van der Waals surface area (Å²) < 4.78 is 1.57. The molecule has 1 aliphatic heterocycles. The molecule has 26 heavy (non-hydrogen) atoms. The third kappa shape index (κ3) is 3.08. The second-order valence-corrected chi connectivity index (χ2v) is 6.50. The number of nitrogens with zero attached hydrogens (tertiary/aromatic N) is 7. The highest BCUT2D eigenvalue weighted by atomic mass is 16.2. The molecule has 1 aliphatic rings. The molecule has 1 atom stereocenters. The second kappa shape index (κ2) is 6.68. The molecule has 0 unspecified atom stereocenters. The van der Waals surface area contributed by atoms with Crippen molar-refractivity contribution in [2.75, 3.05) is 37.4 Å². The van der Waals surface area contributed by atoms with Crippen LogP contribution in [-0.2, 0) is 0 Å². The summed E-state index contributed by atoms with van der Waals surface area (Å²) in [6, 6.07) is 4.34. The molecule has 0 spiro atoms. The summed E-state index contributed by atoms with van der Waals surface area (Å²) >= 11 is 0. The molecular formula is C17H20N8O. The summed E-state index contributed by atoms with van der Waals surface area (Å²) in [5.41, 5.74) is 0.984. The molecule has 1 fully saturated rings. The number of carbonyl (C=O) groups is 1. The fraction of sp³-hybridized carbons (Fsp3) is 0.353. The van der Waals surface area contributed by atoms with Crippen LogP contribution in [0, 0.1) is 0 Å². The minimum atomic E-state index is -0.324. The molecule has 0 radical (unpaired) electrons. The van der Waals surface area contributed by atoms with Gasteiger partial charge < -0.3 is 15.1 Å². The minimum absolute atomic E-state index is 0.324. The maximum atomic E-state index is 12.6. The molecule has 4 rings (SSSR count). The SMILES string of the molecule is CN(C)[C@H]1CCN(c2ccc3ncc(C(=O)Nc4cnccn4)n3n2)C1. The van der Waals surface area contributed by atoms with Gasteiger partial charge in [-0.25, -0.2) is 14.5 Å². The zero-order valence-corrected chi connectivity index (χ0v) is 14.7. The molecular weight excluding hydrogens is 332 g/mol. The normalized spacial score (nSPS) is 17.2. The van der Waals surface area contributed by atoms with Gasteiger partial charge in [0.25, 0.3) is 5.91 Å². The Balaban J connectivity index is 1.60. The van der Waals surface area contributed by atoms with Crippen molar-refractivity contribution in [1.29, 1.82) is 0 Å². The molecule has 134 valence electrons. The number of aromatic nitrogens is 5. The van der Waals surface area contributed by atoms with Gasteiger partial charge in [0.05, 0.1) is 12.4 Å². The van der Waals surface area contributed by atoms with Crippen molar-refractivity contribution in [3.05, 3.63) is 42.6 Å². The number of anilines is 2. The molecule has 1 saturated heterocycles. The van der Waals surface area contributed by atoms with Gasteiger partial charge in [0.1, 0.15) is 5.82 Å². The van der Waals surface area contributed by atoms with Gasteiger partial charge in [-0.3, -0.25) is 9.78 Å². The monoisotopic (exact) mass is 352 g/mol. The van der Waals surface area contributed by atoms with Crippen molar-refractivity contribution < 1.29 is 4.79 Å². The highest BCUT2D eigenvalue weighted by Gasteiger charge is 2.25. The van der Waals surface area contributed by atoms with E-state index in [0.717, 1.165) is 25.3 Å². The lowest BCUT2D eigenvalue weighted by Gasteiger charge is -2.21. The maximum Gasteiger partial charge on any atom is 0.277 e. The molecule has 0 bridgehead atoms. The summed E-state index contributed by atoms with van der Waals surface area (Å²) in [5, 5.41) is 7.35. The lowest BCUT2D eigenvalue weighted by Crippen LogP contribution is -2.32. The smallest absolute Gasteiger partial charge is 0.277 e. The molecule has 1 N–H and O–H groups in total. The molecule has 4 heterocycles. The van der Waals surface area contributed by atoms with Crippen LogP contribution in [0.3, 0.4) is 0 Å².